The fourth-order valence-corrected chi connectivity index (χ4v) is 4.40. The molecule has 33 heavy (non-hydrogen) atoms. The van der Waals surface area contributed by atoms with Crippen LogP contribution in [-0.4, -0.2) is 17.7 Å². The summed E-state index contributed by atoms with van der Waals surface area (Å²) >= 11 is 0. The summed E-state index contributed by atoms with van der Waals surface area (Å²) in [6, 6.07) is 38.2. The number of hydrogen-bond donors (Lipinski definition) is 1. The van der Waals surface area contributed by atoms with E-state index in [1.165, 1.54) is 16.7 Å². The smallest absolute Gasteiger partial charge is 0.306 e. The molecule has 0 saturated heterocycles. The Hall–Kier alpha value is -3.85. The van der Waals surface area contributed by atoms with Gasteiger partial charge in [-0.2, -0.15) is 0 Å². The second-order valence-electron chi connectivity index (χ2n) is 8.14. The Bertz CT molecular complexity index is 1040. The number of rotatable bonds is 9. The second kappa shape index (κ2) is 10.6. The van der Waals surface area contributed by atoms with Gasteiger partial charge in [-0.15, -0.1) is 0 Å². The molecule has 0 atom stereocenters. The van der Waals surface area contributed by atoms with Gasteiger partial charge in [0.2, 0.25) is 0 Å². The van der Waals surface area contributed by atoms with Crippen LogP contribution in [0.3, 0.4) is 0 Å². The first-order valence-electron chi connectivity index (χ1n) is 11.3. The van der Waals surface area contributed by atoms with E-state index in [1.807, 2.05) is 30.3 Å². The van der Waals surface area contributed by atoms with Crippen molar-refractivity contribution >= 4 is 5.97 Å². The van der Waals surface area contributed by atoms with Crippen LogP contribution in [0.4, 0.5) is 0 Å². The summed E-state index contributed by atoms with van der Waals surface area (Å²) in [5.41, 5.74) is 4.07. The minimum Gasteiger partial charge on any atom is -0.508 e. The molecule has 0 saturated carbocycles. The number of carbonyl (C=O) groups is 1. The Labute approximate surface area is 195 Å². The normalized spacial score (nSPS) is 11.2. The number of hydrogen-bond acceptors (Lipinski definition) is 3. The predicted octanol–water partition coefficient (Wildman–Crippen LogP) is 6.29. The maximum atomic E-state index is 12.5. The van der Waals surface area contributed by atoms with Crippen LogP contribution in [-0.2, 0) is 21.4 Å². The van der Waals surface area contributed by atoms with Gasteiger partial charge >= 0.3 is 5.97 Å². The number of benzene rings is 4. The fourth-order valence-electron chi connectivity index (χ4n) is 4.40. The van der Waals surface area contributed by atoms with Gasteiger partial charge in [-0.3, -0.25) is 4.79 Å². The molecular weight excluding hydrogens is 408 g/mol. The molecule has 0 aliphatic rings. The van der Waals surface area contributed by atoms with Crippen LogP contribution in [0.15, 0.2) is 115 Å². The molecule has 1 N–H and O–H groups in total. The molecule has 0 bridgehead atoms. The van der Waals surface area contributed by atoms with Crippen molar-refractivity contribution in [1.82, 2.24) is 0 Å². The molecule has 0 fully saturated rings. The third-order valence-corrected chi connectivity index (χ3v) is 6.09. The first-order chi connectivity index (χ1) is 16.2. The molecule has 3 nitrogen and oxygen atoms in total. The van der Waals surface area contributed by atoms with Crippen LogP contribution >= 0.6 is 0 Å². The van der Waals surface area contributed by atoms with Crippen LogP contribution in [0, 0.1) is 0 Å². The zero-order valence-electron chi connectivity index (χ0n) is 18.6. The molecule has 0 radical (unpaired) electrons. The maximum Gasteiger partial charge on any atom is 0.306 e. The maximum absolute atomic E-state index is 12.5. The molecular formula is C30H28O3. The van der Waals surface area contributed by atoms with E-state index in [2.05, 4.69) is 72.8 Å². The second-order valence-corrected chi connectivity index (χ2v) is 8.14. The van der Waals surface area contributed by atoms with Crippen molar-refractivity contribution in [3.8, 4) is 5.75 Å². The molecule has 0 amide bonds. The third kappa shape index (κ3) is 5.32. The molecule has 0 aliphatic heterocycles. The molecule has 166 valence electrons. The standard InChI is InChI=1S/C30H28O3/c31-28-19-16-24(17-20-28)18-21-29(32)33-23-22-30(25-10-4-1-5-11-25,26-12-6-2-7-13-26)27-14-8-3-9-15-27/h1-17,19-20,31H,18,21-23H2. The van der Waals surface area contributed by atoms with Crippen molar-refractivity contribution in [2.24, 2.45) is 0 Å². The van der Waals surface area contributed by atoms with Gasteiger partial charge in [0, 0.05) is 11.8 Å². The summed E-state index contributed by atoms with van der Waals surface area (Å²) in [5.74, 6) is 0.00608. The lowest BCUT2D eigenvalue weighted by molar-refractivity contribution is -0.143. The van der Waals surface area contributed by atoms with Crippen LogP contribution in [0.5, 0.6) is 5.75 Å². The van der Waals surface area contributed by atoms with Crippen molar-refractivity contribution in [1.29, 1.82) is 0 Å². The van der Waals surface area contributed by atoms with E-state index < -0.39 is 5.41 Å². The van der Waals surface area contributed by atoms with Gasteiger partial charge in [0.15, 0.2) is 0 Å². The average Bonchev–Trinajstić information content (AvgIpc) is 2.88. The Morgan fingerprint density at radius 2 is 1.12 bits per heavy atom. The Kier molecular flexibility index (Phi) is 7.21. The minimum atomic E-state index is -0.430. The predicted molar refractivity (Wildman–Crippen MR) is 131 cm³/mol. The van der Waals surface area contributed by atoms with Gasteiger partial charge in [-0.25, -0.2) is 0 Å². The van der Waals surface area contributed by atoms with E-state index in [1.54, 1.807) is 12.1 Å². The monoisotopic (exact) mass is 436 g/mol. The van der Waals surface area contributed by atoms with Crippen LogP contribution in [0.1, 0.15) is 35.1 Å². The largest absolute Gasteiger partial charge is 0.508 e. The topological polar surface area (TPSA) is 46.5 Å². The highest BCUT2D eigenvalue weighted by Crippen LogP contribution is 2.42. The number of phenols is 1. The lowest BCUT2D eigenvalue weighted by atomic mass is 9.67. The number of aryl methyl sites for hydroxylation is 1. The highest BCUT2D eigenvalue weighted by Gasteiger charge is 2.36. The number of phenolic OH excluding ortho intramolecular Hbond substituents is 1. The van der Waals surface area contributed by atoms with Gasteiger partial charge in [-0.05, 0) is 47.2 Å². The van der Waals surface area contributed by atoms with Gasteiger partial charge < -0.3 is 9.84 Å². The number of ether oxygens (including phenoxy) is 1. The summed E-state index contributed by atoms with van der Waals surface area (Å²) in [7, 11) is 0. The zero-order chi connectivity index (χ0) is 22.9. The molecule has 4 aromatic carbocycles. The summed E-state index contributed by atoms with van der Waals surface area (Å²) in [6.45, 7) is 0.313. The van der Waals surface area contributed by atoms with Crippen LogP contribution < -0.4 is 0 Å². The van der Waals surface area contributed by atoms with E-state index >= 15 is 0 Å². The highest BCUT2D eigenvalue weighted by atomic mass is 16.5. The number of aromatic hydroxyl groups is 1. The summed E-state index contributed by atoms with van der Waals surface area (Å²) in [5, 5.41) is 9.42. The first-order valence-corrected chi connectivity index (χ1v) is 11.3. The molecule has 0 spiro atoms. The molecule has 0 aliphatic carbocycles. The summed E-state index contributed by atoms with van der Waals surface area (Å²) < 4.78 is 5.72. The quantitative estimate of drug-likeness (QED) is 0.248. The Morgan fingerprint density at radius 3 is 1.58 bits per heavy atom. The number of esters is 1. The molecule has 0 heterocycles. The molecule has 3 heteroatoms. The van der Waals surface area contributed by atoms with E-state index in [4.69, 9.17) is 4.74 Å². The lowest BCUT2D eigenvalue weighted by Gasteiger charge is -2.36. The van der Waals surface area contributed by atoms with Crippen molar-refractivity contribution < 1.29 is 14.6 Å². The van der Waals surface area contributed by atoms with E-state index in [0.717, 1.165) is 5.56 Å². The molecule has 4 rings (SSSR count). The van der Waals surface area contributed by atoms with E-state index in [9.17, 15) is 9.90 Å². The van der Waals surface area contributed by atoms with E-state index in [0.29, 0.717) is 25.9 Å². The van der Waals surface area contributed by atoms with E-state index in [-0.39, 0.29) is 11.7 Å². The lowest BCUT2D eigenvalue weighted by Crippen LogP contribution is -2.31. The summed E-state index contributed by atoms with van der Waals surface area (Å²) in [4.78, 5) is 12.5. The van der Waals surface area contributed by atoms with Crippen molar-refractivity contribution in [3.05, 3.63) is 138 Å². The number of carbonyl (C=O) groups excluding carboxylic acids is 1. The van der Waals surface area contributed by atoms with Crippen molar-refractivity contribution in [2.45, 2.75) is 24.7 Å². The van der Waals surface area contributed by atoms with Crippen LogP contribution in [0.2, 0.25) is 0 Å². The average molecular weight is 437 g/mol. The minimum absolute atomic E-state index is 0.217. The van der Waals surface area contributed by atoms with Crippen LogP contribution in [0.25, 0.3) is 0 Å². The summed E-state index contributed by atoms with van der Waals surface area (Å²) in [6.07, 6.45) is 1.52. The first kappa shape index (κ1) is 22.3. The van der Waals surface area contributed by atoms with Crippen molar-refractivity contribution in [3.63, 3.8) is 0 Å². The van der Waals surface area contributed by atoms with Gasteiger partial charge in [0.25, 0.3) is 0 Å². The van der Waals surface area contributed by atoms with Gasteiger partial charge in [-0.1, -0.05) is 103 Å². The van der Waals surface area contributed by atoms with Gasteiger partial charge in [0.1, 0.15) is 5.75 Å². The zero-order valence-corrected chi connectivity index (χ0v) is 18.6. The molecule has 0 unspecified atom stereocenters. The Morgan fingerprint density at radius 1 is 0.667 bits per heavy atom. The third-order valence-electron chi connectivity index (χ3n) is 6.09. The SMILES string of the molecule is O=C(CCc1ccc(O)cc1)OCCC(c1ccccc1)(c1ccccc1)c1ccccc1. The highest BCUT2D eigenvalue weighted by molar-refractivity contribution is 5.69. The Balaban J connectivity index is 1.55. The van der Waals surface area contributed by atoms with Gasteiger partial charge in [0.05, 0.1) is 6.61 Å². The molecule has 0 aromatic heterocycles. The van der Waals surface area contributed by atoms with Crippen molar-refractivity contribution in [2.75, 3.05) is 6.61 Å². The fraction of sp³-hybridized carbons (Fsp3) is 0.167. The molecule has 4 aromatic rings.